The van der Waals surface area contributed by atoms with Crippen LogP contribution < -0.4 is 5.32 Å². The van der Waals surface area contributed by atoms with Gasteiger partial charge in [0.05, 0.1) is 34.8 Å². The lowest BCUT2D eigenvalue weighted by molar-refractivity contribution is 0.405. The Hall–Kier alpha value is -4.78. The normalized spacial score (nSPS) is 14.2. The third-order valence-corrected chi connectivity index (χ3v) is 7.81. The van der Waals surface area contributed by atoms with Crippen molar-refractivity contribution in [3.05, 3.63) is 91.9 Å². The van der Waals surface area contributed by atoms with E-state index < -0.39 is 0 Å². The lowest BCUT2D eigenvalue weighted by atomic mass is 9.87. The number of aromatic amines is 2. The molecule has 3 N–H and O–H groups in total. The first-order chi connectivity index (χ1) is 19.2. The number of benzene rings is 1. The van der Waals surface area contributed by atoms with Gasteiger partial charge in [0.25, 0.3) is 0 Å². The number of nitrogens with zero attached hydrogens (tertiary/aromatic N) is 4. The van der Waals surface area contributed by atoms with Gasteiger partial charge >= 0.3 is 0 Å². The number of hydrogen-bond acceptors (Lipinski definition) is 5. The Labute approximate surface area is 226 Å². The van der Waals surface area contributed by atoms with Crippen molar-refractivity contribution in [3.8, 4) is 33.6 Å². The summed E-state index contributed by atoms with van der Waals surface area (Å²) in [5.74, 6) is 0.539. The van der Waals surface area contributed by atoms with Crippen LogP contribution in [0.4, 0.5) is 5.69 Å². The smallest absolute Gasteiger partial charge is 0.116 e. The molecule has 192 valence electrons. The van der Waals surface area contributed by atoms with Crippen molar-refractivity contribution < 1.29 is 0 Å². The first kappa shape index (κ1) is 23.3. The second-order valence-corrected chi connectivity index (χ2v) is 10.4. The monoisotopic (exact) mass is 511 g/mol. The second-order valence-electron chi connectivity index (χ2n) is 10.4. The minimum absolute atomic E-state index is 0.539. The maximum Gasteiger partial charge on any atom is 0.116 e. The maximum absolute atomic E-state index is 4.68. The molecule has 0 bridgehead atoms. The van der Waals surface area contributed by atoms with Gasteiger partial charge in [-0.15, -0.1) is 0 Å². The van der Waals surface area contributed by atoms with Gasteiger partial charge in [0.15, 0.2) is 0 Å². The highest BCUT2D eigenvalue weighted by Crippen LogP contribution is 2.35. The van der Waals surface area contributed by atoms with Gasteiger partial charge in [-0.05, 0) is 54.7 Å². The molecule has 0 atom stereocenters. The maximum atomic E-state index is 4.68. The van der Waals surface area contributed by atoms with E-state index in [0.29, 0.717) is 5.92 Å². The molecule has 0 aliphatic heterocycles. The molecule has 0 spiro atoms. The molecule has 7 rings (SSSR count). The summed E-state index contributed by atoms with van der Waals surface area (Å²) in [4.78, 5) is 16.8. The highest BCUT2D eigenvalue weighted by atomic mass is 15.1. The molecule has 1 aliphatic carbocycles. The first-order valence-corrected chi connectivity index (χ1v) is 13.5. The van der Waals surface area contributed by atoms with Gasteiger partial charge in [-0.2, -0.15) is 5.10 Å². The lowest BCUT2D eigenvalue weighted by Gasteiger charge is -2.24. The van der Waals surface area contributed by atoms with Crippen LogP contribution in [0.15, 0.2) is 91.9 Å². The number of hydrogen-bond donors (Lipinski definition) is 3. The summed E-state index contributed by atoms with van der Waals surface area (Å²) >= 11 is 0. The fourth-order valence-corrected chi connectivity index (χ4v) is 5.73. The number of pyridine rings is 3. The quantitative estimate of drug-likeness (QED) is 0.213. The molecule has 1 fully saturated rings. The first-order valence-electron chi connectivity index (χ1n) is 13.5. The Bertz CT molecular complexity index is 1790. The van der Waals surface area contributed by atoms with E-state index in [0.717, 1.165) is 66.8 Å². The summed E-state index contributed by atoms with van der Waals surface area (Å²) in [5, 5.41) is 13.5. The highest BCUT2D eigenvalue weighted by molar-refractivity contribution is 6.01. The number of rotatable bonds is 6. The summed E-state index contributed by atoms with van der Waals surface area (Å²) in [6.07, 6.45) is 17.5. The van der Waals surface area contributed by atoms with Crippen molar-refractivity contribution in [3.63, 3.8) is 0 Å². The van der Waals surface area contributed by atoms with Gasteiger partial charge in [0, 0.05) is 57.9 Å². The van der Waals surface area contributed by atoms with E-state index in [1.54, 1.807) is 6.20 Å². The van der Waals surface area contributed by atoms with Crippen molar-refractivity contribution in [1.82, 2.24) is 30.1 Å². The minimum Gasteiger partial charge on any atom is -0.358 e. The van der Waals surface area contributed by atoms with E-state index in [9.17, 15) is 0 Å². The minimum atomic E-state index is 0.539. The predicted molar refractivity (Wildman–Crippen MR) is 157 cm³/mol. The summed E-state index contributed by atoms with van der Waals surface area (Å²) < 4.78 is 0. The largest absolute Gasteiger partial charge is 0.358 e. The Morgan fingerprint density at radius 2 is 1.67 bits per heavy atom. The zero-order valence-corrected chi connectivity index (χ0v) is 21.6. The average Bonchev–Trinajstić information content (AvgIpc) is 3.62. The zero-order valence-electron chi connectivity index (χ0n) is 21.6. The second kappa shape index (κ2) is 9.83. The number of nitrogens with one attached hydrogen (secondary N) is 3. The standard InChI is InChI=1S/C32H29N7/c1-20(21-6-3-2-4-7-21)36-25-12-24(16-34-17-25)22-9-10-29-27(13-22)32(39-38-29)30-14-26-28(18-35-19-31(26)37-30)23-8-5-11-33-15-23/h5,8-19,21,36-37H,1-4,6-7H2,(H,38,39). The Kier molecular flexibility index (Phi) is 5.89. The van der Waals surface area contributed by atoms with Crippen LogP contribution in [0.25, 0.3) is 55.4 Å². The number of anilines is 1. The number of allylic oxidation sites excluding steroid dienone is 1. The topological polar surface area (TPSA) is 95.2 Å². The van der Waals surface area contributed by atoms with Crippen LogP contribution in [0.2, 0.25) is 0 Å². The number of H-pyrrole nitrogens is 2. The number of aromatic nitrogens is 6. The van der Waals surface area contributed by atoms with Crippen molar-refractivity contribution in [2.75, 3.05) is 5.32 Å². The third kappa shape index (κ3) is 4.46. The van der Waals surface area contributed by atoms with Crippen LogP contribution >= 0.6 is 0 Å². The molecule has 0 radical (unpaired) electrons. The summed E-state index contributed by atoms with van der Waals surface area (Å²) in [5.41, 5.74) is 10.0. The SMILES string of the molecule is C=C(Nc1cncc(-c2ccc3[nH]nc(-c4cc5c(-c6cccnc6)cncc5[nH]4)c3c2)c1)C1CCCCC1. The van der Waals surface area contributed by atoms with Gasteiger partial charge in [0.2, 0.25) is 0 Å². The van der Waals surface area contributed by atoms with E-state index in [2.05, 4.69) is 72.4 Å². The van der Waals surface area contributed by atoms with Crippen LogP contribution in [0.1, 0.15) is 32.1 Å². The fourth-order valence-electron chi connectivity index (χ4n) is 5.73. The Morgan fingerprint density at radius 1 is 0.795 bits per heavy atom. The molecule has 7 heteroatoms. The van der Waals surface area contributed by atoms with Crippen LogP contribution in [-0.2, 0) is 0 Å². The molecule has 1 saturated carbocycles. The Morgan fingerprint density at radius 3 is 2.54 bits per heavy atom. The molecule has 7 nitrogen and oxygen atoms in total. The van der Waals surface area contributed by atoms with Crippen LogP contribution in [0.3, 0.4) is 0 Å². The van der Waals surface area contributed by atoms with Crippen molar-refractivity contribution in [2.24, 2.45) is 5.92 Å². The molecule has 5 aromatic heterocycles. The van der Waals surface area contributed by atoms with Crippen LogP contribution in [0, 0.1) is 5.92 Å². The number of fused-ring (bicyclic) bond motifs is 2. The van der Waals surface area contributed by atoms with E-state index >= 15 is 0 Å². The Balaban J connectivity index is 1.23. The van der Waals surface area contributed by atoms with Crippen molar-refractivity contribution >= 4 is 27.5 Å². The molecular formula is C32H29N7. The van der Waals surface area contributed by atoms with Gasteiger partial charge < -0.3 is 10.3 Å². The average molecular weight is 512 g/mol. The molecule has 6 aromatic rings. The zero-order chi connectivity index (χ0) is 26.2. The molecule has 1 aromatic carbocycles. The van der Waals surface area contributed by atoms with Crippen LogP contribution in [-0.4, -0.2) is 30.1 Å². The molecule has 5 heterocycles. The lowest BCUT2D eigenvalue weighted by Crippen LogP contribution is -2.14. The molecule has 0 saturated heterocycles. The summed E-state index contributed by atoms with van der Waals surface area (Å²) in [7, 11) is 0. The van der Waals surface area contributed by atoms with Gasteiger partial charge in [-0.3, -0.25) is 20.1 Å². The highest BCUT2D eigenvalue weighted by Gasteiger charge is 2.17. The molecule has 1 aliphatic rings. The molecular weight excluding hydrogens is 482 g/mol. The van der Waals surface area contributed by atoms with E-state index in [4.69, 9.17) is 0 Å². The summed E-state index contributed by atoms with van der Waals surface area (Å²) in [6, 6.07) is 14.6. The van der Waals surface area contributed by atoms with E-state index in [1.165, 1.54) is 32.1 Å². The van der Waals surface area contributed by atoms with Crippen molar-refractivity contribution in [1.29, 1.82) is 0 Å². The van der Waals surface area contributed by atoms with E-state index in [-0.39, 0.29) is 0 Å². The molecule has 0 unspecified atom stereocenters. The molecule has 39 heavy (non-hydrogen) atoms. The van der Waals surface area contributed by atoms with E-state index in [1.807, 2.05) is 43.1 Å². The van der Waals surface area contributed by atoms with Crippen LogP contribution in [0.5, 0.6) is 0 Å². The van der Waals surface area contributed by atoms with Gasteiger partial charge in [0.1, 0.15) is 5.69 Å². The molecule has 0 amide bonds. The fraction of sp³-hybridized carbons (Fsp3) is 0.188. The predicted octanol–water partition coefficient (Wildman–Crippen LogP) is 7.74. The third-order valence-electron chi connectivity index (χ3n) is 7.81. The van der Waals surface area contributed by atoms with Gasteiger partial charge in [-0.25, -0.2) is 0 Å². The van der Waals surface area contributed by atoms with Crippen molar-refractivity contribution in [2.45, 2.75) is 32.1 Å². The van der Waals surface area contributed by atoms with Gasteiger partial charge in [-0.1, -0.05) is 38.0 Å². The summed E-state index contributed by atoms with van der Waals surface area (Å²) in [6.45, 7) is 4.34.